The van der Waals surface area contributed by atoms with Crippen LogP contribution in [-0.2, 0) is 10.0 Å². The largest absolute Gasteiger partial charge is 0.281 e. The zero-order valence-corrected chi connectivity index (χ0v) is 11.0. The number of H-pyrrole nitrogens is 1. The molecular weight excluding hydrogens is 250 g/mol. The first-order valence-corrected chi connectivity index (χ1v) is 7.08. The van der Waals surface area contributed by atoms with Crippen LogP contribution in [0.25, 0.3) is 0 Å². The molecule has 5 nitrogen and oxygen atoms in total. The number of hydrogen-bond donors (Lipinski definition) is 2. The van der Waals surface area contributed by atoms with Gasteiger partial charge in [-0.3, -0.25) is 5.10 Å². The fourth-order valence-electron chi connectivity index (χ4n) is 1.43. The highest BCUT2D eigenvalue weighted by Crippen LogP contribution is 2.15. The van der Waals surface area contributed by atoms with Crippen LogP contribution >= 0.6 is 11.6 Å². The predicted octanol–water partition coefficient (Wildman–Crippen LogP) is 1.32. The van der Waals surface area contributed by atoms with Gasteiger partial charge in [0.1, 0.15) is 4.90 Å². The highest BCUT2D eigenvalue weighted by atomic mass is 35.5. The molecule has 0 fully saturated rings. The van der Waals surface area contributed by atoms with Crippen molar-refractivity contribution in [3.63, 3.8) is 0 Å². The number of aryl methyl sites for hydroxylation is 2. The molecule has 7 heteroatoms. The first-order valence-electron chi connectivity index (χ1n) is 5.06. The molecule has 0 aliphatic carbocycles. The zero-order valence-electron chi connectivity index (χ0n) is 9.38. The Balaban J connectivity index is 2.71. The Kier molecular flexibility index (Phi) is 4.76. The van der Waals surface area contributed by atoms with Crippen LogP contribution in [0.1, 0.15) is 24.2 Å². The van der Waals surface area contributed by atoms with Crippen molar-refractivity contribution in [1.29, 1.82) is 0 Å². The summed E-state index contributed by atoms with van der Waals surface area (Å²) >= 11 is 5.51. The van der Waals surface area contributed by atoms with Gasteiger partial charge < -0.3 is 0 Å². The third-order valence-electron chi connectivity index (χ3n) is 2.18. The number of aromatic nitrogens is 2. The Hall–Kier alpha value is -0.590. The summed E-state index contributed by atoms with van der Waals surface area (Å²) in [5, 5.41) is 6.52. The molecule has 0 radical (unpaired) electrons. The van der Waals surface area contributed by atoms with E-state index in [9.17, 15) is 8.42 Å². The molecular formula is C9H16ClN3O2S. The molecule has 0 saturated heterocycles. The van der Waals surface area contributed by atoms with E-state index in [1.807, 2.05) is 0 Å². The number of alkyl halides is 1. The molecule has 0 bridgehead atoms. The number of nitrogens with one attached hydrogen (secondary N) is 2. The topological polar surface area (TPSA) is 74.8 Å². The summed E-state index contributed by atoms with van der Waals surface area (Å²) in [5.74, 6) is 0.547. The minimum atomic E-state index is -3.45. The van der Waals surface area contributed by atoms with Gasteiger partial charge in [0, 0.05) is 12.4 Å². The van der Waals surface area contributed by atoms with Crippen molar-refractivity contribution in [2.75, 3.05) is 12.4 Å². The first-order chi connectivity index (χ1) is 7.49. The Morgan fingerprint density at radius 1 is 1.38 bits per heavy atom. The number of sulfonamides is 1. The van der Waals surface area contributed by atoms with E-state index in [0.717, 1.165) is 12.8 Å². The van der Waals surface area contributed by atoms with E-state index in [0.29, 0.717) is 23.8 Å². The summed E-state index contributed by atoms with van der Waals surface area (Å²) in [5.41, 5.74) is 1.05. The summed E-state index contributed by atoms with van der Waals surface area (Å²) in [6.07, 6.45) is 1.53. The SMILES string of the molecule is Cc1n[nH]c(C)c1S(=O)(=O)NCCCCCl. The molecule has 0 amide bonds. The molecule has 1 aromatic rings. The van der Waals surface area contributed by atoms with E-state index in [4.69, 9.17) is 11.6 Å². The quantitative estimate of drug-likeness (QED) is 0.602. The van der Waals surface area contributed by atoms with Crippen LogP contribution in [0.4, 0.5) is 0 Å². The molecule has 2 N–H and O–H groups in total. The van der Waals surface area contributed by atoms with Crippen LogP contribution < -0.4 is 4.72 Å². The number of unbranched alkanes of at least 4 members (excludes halogenated alkanes) is 1. The number of hydrogen-bond acceptors (Lipinski definition) is 3. The summed E-state index contributed by atoms with van der Waals surface area (Å²) in [6, 6.07) is 0. The maximum atomic E-state index is 11.9. The Morgan fingerprint density at radius 3 is 2.56 bits per heavy atom. The third kappa shape index (κ3) is 3.20. The van der Waals surface area contributed by atoms with Crippen LogP contribution in [0.15, 0.2) is 4.90 Å². The molecule has 0 saturated carbocycles. The van der Waals surface area contributed by atoms with E-state index in [1.54, 1.807) is 13.8 Å². The number of halogens is 1. The molecule has 0 spiro atoms. The molecule has 1 aromatic heterocycles. The zero-order chi connectivity index (χ0) is 12.2. The lowest BCUT2D eigenvalue weighted by Gasteiger charge is -2.05. The minimum absolute atomic E-state index is 0.248. The lowest BCUT2D eigenvalue weighted by Crippen LogP contribution is -2.25. The second kappa shape index (κ2) is 5.65. The Labute approximate surface area is 101 Å². The van der Waals surface area contributed by atoms with E-state index < -0.39 is 10.0 Å². The van der Waals surface area contributed by atoms with Crippen molar-refractivity contribution in [3.8, 4) is 0 Å². The van der Waals surface area contributed by atoms with E-state index in [1.165, 1.54) is 0 Å². The lowest BCUT2D eigenvalue weighted by molar-refractivity contribution is 0.577. The average molecular weight is 266 g/mol. The van der Waals surface area contributed by atoms with Crippen LogP contribution in [0, 0.1) is 13.8 Å². The highest BCUT2D eigenvalue weighted by Gasteiger charge is 2.21. The molecule has 1 rings (SSSR count). The van der Waals surface area contributed by atoms with E-state index in [2.05, 4.69) is 14.9 Å². The summed E-state index contributed by atoms with van der Waals surface area (Å²) in [7, 11) is -3.45. The van der Waals surface area contributed by atoms with Crippen LogP contribution in [-0.4, -0.2) is 31.0 Å². The fourth-order valence-corrected chi connectivity index (χ4v) is 3.06. The molecule has 0 aliphatic heterocycles. The third-order valence-corrected chi connectivity index (χ3v) is 4.17. The minimum Gasteiger partial charge on any atom is -0.281 e. The monoisotopic (exact) mass is 265 g/mol. The van der Waals surface area contributed by atoms with Gasteiger partial charge in [-0.05, 0) is 26.7 Å². The van der Waals surface area contributed by atoms with Crippen LogP contribution in [0.3, 0.4) is 0 Å². The van der Waals surface area contributed by atoms with Gasteiger partial charge in [-0.2, -0.15) is 5.10 Å². The van der Waals surface area contributed by atoms with Crippen LogP contribution in [0.2, 0.25) is 0 Å². The van der Waals surface area contributed by atoms with Gasteiger partial charge >= 0.3 is 0 Å². The number of aromatic amines is 1. The molecule has 0 aromatic carbocycles. The second-order valence-electron chi connectivity index (χ2n) is 3.56. The fraction of sp³-hybridized carbons (Fsp3) is 0.667. The van der Waals surface area contributed by atoms with Crippen molar-refractivity contribution in [2.24, 2.45) is 0 Å². The van der Waals surface area contributed by atoms with Gasteiger partial charge in [-0.25, -0.2) is 13.1 Å². The maximum Gasteiger partial charge on any atom is 0.244 e. The van der Waals surface area contributed by atoms with Crippen molar-refractivity contribution >= 4 is 21.6 Å². The highest BCUT2D eigenvalue weighted by molar-refractivity contribution is 7.89. The summed E-state index contributed by atoms with van der Waals surface area (Å²) in [6.45, 7) is 3.75. The molecule has 16 heavy (non-hydrogen) atoms. The standard InChI is InChI=1S/C9H16ClN3O2S/c1-7-9(8(2)13-12-7)16(14,15)11-6-4-3-5-10/h11H,3-6H2,1-2H3,(H,12,13). The Morgan fingerprint density at radius 2 is 2.06 bits per heavy atom. The molecule has 0 atom stereocenters. The van der Waals surface area contributed by atoms with Gasteiger partial charge in [-0.1, -0.05) is 0 Å². The molecule has 0 aliphatic rings. The maximum absolute atomic E-state index is 11.9. The molecule has 1 heterocycles. The first kappa shape index (κ1) is 13.5. The van der Waals surface area contributed by atoms with Gasteiger partial charge in [0.15, 0.2) is 0 Å². The van der Waals surface area contributed by atoms with Gasteiger partial charge in [-0.15, -0.1) is 11.6 Å². The van der Waals surface area contributed by atoms with Crippen molar-refractivity contribution in [3.05, 3.63) is 11.4 Å². The van der Waals surface area contributed by atoms with E-state index >= 15 is 0 Å². The average Bonchev–Trinajstić information content (AvgIpc) is 2.54. The van der Waals surface area contributed by atoms with E-state index in [-0.39, 0.29) is 4.90 Å². The lowest BCUT2D eigenvalue weighted by atomic mass is 10.3. The summed E-state index contributed by atoms with van der Waals surface area (Å²) < 4.78 is 26.3. The molecule has 0 unspecified atom stereocenters. The van der Waals surface area contributed by atoms with Gasteiger partial charge in [0.2, 0.25) is 10.0 Å². The number of nitrogens with zero attached hydrogens (tertiary/aromatic N) is 1. The normalized spacial score (nSPS) is 11.9. The smallest absolute Gasteiger partial charge is 0.244 e. The van der Waals surface area contributed by atoms with Crippen molar-refractivity contribution in [2.45, 2.75) is 31.6 Å². The molecule has 92 valence electrons. The number of rotatable bonds is 6. The summed E-state index contributed by atoms with van der Waals surface area (Å²) in [4.78, 5) is 0.248. The van der Waals surface area contributed by atoms with Crippen LogP contribution in [0.5, 0.6) is 0 Å². The van der Waals surface area contributed by atoms with Gasteiger partial charge in [0.05, 0.1) is 11.4 Å². The predicted molar refractivity (Wildman–Crippen MR) is 63.2 cm³/mol. The Bertz CT molecular complexity index is 422. The second-order valence-corrected chi connectivity index (χ2v) is 5.64. The van der Waals surface area contributed by atoms with Gasteiger partial charge in [0.25, 0.3) is 0 Å². The van der Waals surface area contributed by atoms with Crippen molar-refractivity contribution < 1.29 is 8.42 Å². The van der Waals surface area contributed by atoms with Crippen molar-refractivity contribution in [1.82, 2.24) is 14.9 Å².